The minimum Gasteiger partial charge on any atom is -0.592 e. The number of aromatic hydroxyl groups is 2. The zero-order chi connectivity index (χ0) is 30.8. The second-order valence-electron chi connectivity index (χ2n) is 8.14. The first kappa shape index (κ1) is 36.1. The topological polar surface area (TPSA) is 169 Å². The molecule has 0 aliphatic heterocycles. The van der Waals surface area contributed by atoms with E-state index in [0.717, 1.165) is 8.95 Å². The van der Waals surface area contributed by atoms with Crippen molar-refractivity contribution in [2.45, 2.75) is 0 Å². The van der Waals surface area contributed by atoms with Crippen LogP contribution in [0.15, 0.2) is 101 Å². The minimum atomic E-state index is -0.523. The van der Waals surface area contributed by atoms with Crippen LogP contribution in [0.2, 0.25) is 0 Å². The van der Waals surface area contributed by atoms with E-state index in [1.54, 1.807) is 48.5 Å². The van der Waals surface area contributed by atoms with Crippen LogP contribution in [0.25, 0.3) is 0 Å². The maximum Gasteiger partial charge on any atom is 2.00 e. The van der Waals surface area contributed by atoms with Gasteiger partial charge in [-0.1, -0.05) is 56.1 Å². The molecule has 8 N–H and O–H groups in total. The number of hydrazone groups is 2. The fourth-order valence-corrected chi connectivity index (χ4v) is 5.68. The molecule has 0 saturated heterocycles. The summed E-state index contributed by atoms with van der Waals surface area (Å²) in [6.45, 7) is 0. The van der Waals surface area contributed by atoms with E-state index in [2.05, 4.69) is 84.8 Å². The Morgan fingerprint density at radius 2 is 1.00 bits per heavy atom. The smallest absolute Gasteiger partial charge is 0.592 e. The Hall–Kier alpha value is -3.10. The van der Waals surface area contributed by atoms with Crippen molar-refractivity contribution in [2.24, 2.45) is 10.2 Å². The third-order valence-electron chi connectivity index (χ3n) is 5.21. The van der Waals surface area contributed by atoms with Crippen LogP contribution in [0.1, 0.15) is 31.8 Å². The normalized spacial score (nSPS) is 10.5. The van der Waals surface area contributed by atoms with Crippen LogP contribution >= 0.6 is 63.7 Å². The maximum atomic E-state index is 11.8. The number of hydrogen-bond donors (Lipinski definition) is 4. The molecule has 4 aromatic rings. The van der Waals surface area contributed by atoms with Gasteiger partial charge in [-0.15, -0.1) is 0 Å². The zero-order valence-corrected chi connectivity index (χ0v) is 31.2. The molecule has 0 saturated carbocycles. The number of hydrogen-bond acceptors (Lipinski definition) is 6. The Labute approximate surface area is 292 Å². The monoisotopic (exact) mass is 890 g/mol. The third kappa shape index (κ3) is 10.5. The third-order valence-corrected chi connectivity index (χ3v) is 7.37. The zero-order valence-electron chi connectivity index (χ0n) is 21.9. The molecule has 0 unspecified atom stereocenters. The number of carbonyl (C=O) groups excluding carboxylic acids is 2. The summed E-state index contributed by atoms with van der Waals surface area (Å²) in [5, 5.41) is 42.5. The number of amides is 2. The number of nitrogens with zero attached hydrogens (tertiary/aromatic N) is 2. The number of para-hydroxylation sites is 2. The number of rotatable bonds is 6. The number of phenolic OH excluding ortho intramolecular Hbond substituents is 2. The van der Waals surface area contributed by atoms with Crippen LogP contribution in [0.5, 0.6) is 23.0 Å². The van der Waals surface area contributed by atoms with Crippen LogP contribution in [0.3, 0.4) is 0 Å². The van der Waals surface area contributed by atoms with Crippen molar-refractivity contribution in [1.82, 2.24) is 10.9 Å². The average Bonchev–Trinajstić information content (AvgIpc) is 2.94. The van der Waals surface area contributed by atoms with Crippen molar-refractivity contribution >= 4 is 88.0 Å². The van der Waals surface area contributed by atoms with Crippen molar-refractivity contribution in [2.75, 3.05) is 0 Å². The van der Waals surface area contributed by atoms with E-state index in [0.29, 0.717) is 20.1 Å². The van der Waals surface area contributed by atoms with E-state index in [1.807, 2.05) is 0 Å². The van der Waals surface area contributed by atoms with Crippen LogP contribution in [0, 0.1) is 0 Å². The average molecular weight is 896 g/mol. The fourth-order valence-electron chi connectivity index (χ4n) is 3.16. The SMILES string of the molecule is O=C(NN=Cc1cc(Br)cc(Br)c1[OH2+])c1ccccc1O.O=C(NN=Cc1cc(Br)cc(Br)c1[OH2+])c1ccccc1O.[Zn+2]. The summed E-state index contributed by atoms with van der Waals surface area (Å²) >= 11 is 13.2. The summed E-state index contributed by atoms with van der Waals surface area (Å²) in [5.74, 6) is -0.749. The van der Waals surface area contributed by atoms with E-state index in [1.165, 1.54) is 36.7 Å². The molecule has 15 heteroatoms. The van der Waals surface area contributed by atoms with Gasteiger partial charge in [0.25, 0.3) is 23.3 Å². The predicted molar refractivity (Wildman–Crippen MR) is 176 cm³/mol. The molecular weight excluding hydrogens is 873 g/mol. The molecule has 0 atom stereocenters. The largest absolute Gasteiger partial charge is 2.00 e. The Morgan fingerprint density at radius 3 is 1.35 bits per heavy atom. The van der Waals surface area contributed by atoms with Crippen molar-refractivity contribution in [3.05, 3.63) is 113 Å². The second kappa shape index (κ2) is 17.3. The van der Waals surface area contributed by atoms with Gasteiger partial charge in [0.1, 0.15) is 20.4 Å². The van der Waals surface area contributed by atoms with Gasteiger partial charge in [-0.25, -0.2) is 10.9 Å². The van der Waals surface area contributed by atoms with E-state index in [9.17, 15) is 19.8 Å². The summed E-state index contributed by atoms with van der Waals surface area (Å²) in [6.07, 6.45) is 2.74. The first-order chi connectivity index (χ1) is 20.0. The number of benzene rings is 4. The second-order valence-corrected chi connectivity index (χ2v) is 11.7. The Bertz CT molecular complexity index is 1560. The van der Waals surface area contributed by atoms with Crippen LogP contribution < -0.4 is 10.9 Å². The van der Waals surface area contributed by atoms with Gasteiger partial charge in [0.2, 0.25) is 0 Å². The van der Waals surface area contributed by atoms with Gasteiger partial charge in [0, 0.05) is 8.95 Å². The van der Waals surface area contributed by atoms with Crippen LogP contribution in [-0.2, 0) is 19.5 Å². The number of carbonyl (C=O) groups is 2. The molecule has 4 rings (SSSR count). The molecule has 0 aromatic heterocycles. The van der Waals surface area contributed by atoms with Gasteiger partial charge >= 0.3 is 19.5 Å². The Kier molecular flexibility index (Phi) is 14.5. The molecule has 4 aromatic carbocycles. The predicted octanol–water partition coefficient (Wildman–Crippen LogP) is 6.24. The van der Waals surface area contributed by atoms with Crippen LogP contribution in [0.4, 0.5) is 0 Å². The van der Waals surface area contributed by atoms with Gasteiger partial charge in [-0.3, -0.25) is 9.59 Å². The first-order valence-electron chi connectivity index (χ1n) is 11.6. The summed E-state index contributed by atoms with van der Waals surface area (Å²) in [4.78, 5) is 23.6. The van der Waals surface area contributed by atoms with Crippen molar-refractivity contribution in [3.8, 4) is 23.0 Å². The van der Waals surface area contributed by atoms with E-state index < -0.39 is 11.8 Å². The quantitative estimate of drug-likeness (QED) is 0.0780. The van der Waals surface area contributed by atoms with Crippen LogP contribution in [-0.4, -0.2) is 44.7 Å². The molecule has 0 fully saturated rings. The fraction of sp³-hybridized carbons (Fsp3) is 0. The first-order valence-corrected chi connectivity index (χ1v) is 14.8. The van der Waals surface area contributed by atoms with Gasteiger partial charge in [-0.05, 0) is 80.4 Å². The van der Waals surface area contributed by atoms with Gasteiger partial charge in [0.15, 0.2) is 0 Å². The molecule has 216 valence electrons. The Morgan fingerprint density at radius 1 is 0.651 bits per heavy atom. The molecule has 0 heterocycles. The number of nitrogens with one attached hydrogen (secondary N) is 2. The van der Waals surface area contributed by atoms with E-state index >= 15 is 0 Å². The minimum absolute atomic E-state index is 0. The molecule has 2 amide bonds. The van der Waals surface area contributed by atoms with Crippen molar-refractivity contribution in [1.29, 1.82) is 0 Å². The molecule has 0 aliphatic rings. The number of phenols is 2. The molecule has 0 aliphatic carbocycles. The molecule has 10 nitrogen and oxygen atoms in total. The summed E-state index contributed by atoms with van der Waals surface area (Å²) in [5.41, 5.74) is 5.96. The molecule has 43 heavy (non-hydrogen) atoms. The van der Waals surface area contributed by atoms with E-state index in [4.69, 9.17) is 10.2 Å². The summed E-state index contributed by atoms with van der Waals surface area (Å²) in [7, 11) is 0. The standard InChI is InChI=1S/2C14H10Br2N2O3.Zn/c2*15-9-5-8(13(20)11(16)6-9)7-17-18-14(21)10-3-1-2-4-12(10)19;/h2*1-7,19-20H,(H,18,21);/q;;+2/p+2. The van der Waals surface area contributed by atoms with Crippen molar-refractivity contribution in [3.63, 3.8) is 0 Å². The Balaban J connectivity index is 0.000000293. The molecular formula is C28H22Br4N4O6Zn+4. The van der Waals surface area contributed by atoms with Gasteiger partial charge < -0.3 is 20.4 Å². The number of halogens is 4. The molecule has 0 bridgehead atoms. The van der Waals surface area contributed by atoms with E-state index in [-0.39, 0.29) is 53.6 Å². The van der Waals surface area contributed by atoms with Gasteiger partial charge in [0.05, 0.1) is 34.7 Å². The maximum absolute atomic E-state index is 11.8. The molecule has 0 radical (unpaired) electrons. The summed E-state index contributed by atoms with van der Waals surface area (Å²) < 4.78 is 2.81. The van der Waals surface area contributed by atoms with Gasteiger partial charge in [-0.2, -0.15) is 10.2 Å². The van der Waals surface area contributed by atoms with Crippen molar-refractivity contribution < 1.29 is 49.5 Å². The molecule has 0 spiro atoms. The summed E-state index contributed by atoms with van der Waals surface area (Å²) in [6, 6.07) is 19.3.